The molecule has 2 nitrogen and oxygen atoms in total. The third-order valence-corrected chi connectivity index (χ3v) is 4.36. The van der Waals surface area contributed by atoms with Crippen molar-refractivity contribution in [1.29, 1.82) is 0 Å². The van der Waals surface area contributed by atoms with E-state index in [1.165, 1.54) is 51.4 Å². The fraction of sp³-hybridized carbons (Fsp3) is 1.00. The summed E-state index contributed by atoms with van der Waals surface area (Å²) < 4.78 is 10.5. The number of rotatable bonds is 11. The molecule has 0 spiro atoms. The minimum atomic E-state index is -0.924. The lowest BCUT2D eigenvalue weighted by Gasteiger charge is -2.08. The van der Waals surface area contributed by atoms with Gasteiger partial charge in [0.2, 0.25) is 0 Å². The smallest absolute Gasteiger partial charge is 0.384 e. The van der Waals surface area contributed by atoms with Gasteiger partial charge in [0.1, 0.15) is 0 Å². The summed E-state index contributed by atoms with van der Waals surface area (Å²) in [6.45, 7) is 2.26. The van der Waals surface area contributed by atoms with Crippen LogP contribution in [0.25, 0.3) is 0 Å². The second-order valence-electron chi connectivity index (χ2n) is 4.01. The molecule has 1 radical (unpaired) electrons. The van der Waals surface area contributed by atoms with Crippen LogP contribution in [0.5, 0.6) is 0 Å². The largest absolute Gasteiger partial charge is 0.397 e. The van der Waals surface area contributed by atoms with Crippen LogP contribution in [0.1, 0.15) is 58.3 Å². The molecule has 0 aromatic heterocycles. The topological polar surface area (TPSA) is 18.5 Å². The van der Waals surface area contributed by atoms with Gasteiger partial charge in [-0.2, -0.15) is 0 Å². The quantitative estimate of drug-likeness (QED) is 0.396. The molecule has 0 saturated heterocycles. The second kappa shape index (κ2) is 12.2. The summed E-state index contributed by atoms with van der Waals surface area (Å²) in [5, 5.41) is 0. The molecular weight excluding hydrogens is 204 g/mol. The standard InChI is InChI=1S/C12H27O2Si/c1-4-5-6-7-8-9-10-11-12-15(13-2)14-3/h4-12H2,1-3H3. The lowest BCUT2D eigenvalue weighted by molar-refractivity contribution is 0.276. The lowest BCUT2D eigenvalue weighted by atomic mass is 10.1. The molecule has 0 fully saturated rings. The van der Waals surface area contributed by atoms with E-state index >= 15 is 0 Å². The molecule has 0 aliphatic heterocycles. The first-order valence-electron chi connectivity index (χ1n) is 6.29. The Balaban J connectivity index is 3.04. The predicted molar refractivity (Wildman–Crippen MR) is 67.2 cm³/mol. The number of hydrogen-bond acceptors (Lipinski definition) is 2. The summed E-state index contributed by atoms with van der Waals surface area (Å²) >= 11 is 0. The minimum Gasteiger partial charge on any atom is -0.397 e. The zero-order chi connectivity index (χ0) is 11.4. The molecule has 0 rings (SSSR count). The van der Waals surface area contributed by atoms with E-state index in [4.69, 9.17) is 8.85 Å². The highest BCUT2D eigenvalue weighted by molar-refractivity contribution is 6.44. The molecule has 0 aliphatic carbocycles. The average molecular weight is 231 g/mol. The van der Waals surface area contributed by atoms with Gasteiger partial charge in [-0.25, -0.2) is 0 Å². The SMILES string of the molecule is CCCCCCCCCC[Si](OC)OC. The Morgan fingerprint density at radius 3 is 1.67 bits per heavy atom. The van der Waals surface area contributed by atoms with Crippen LogP contribution in [0.3, 0.4) is 0 Å². The summed E-state index contributed by atoms with van der Waals surface area (Å²) in [6.07, 6.45) is 11.0. The van der Waals surface area contributed by atoms with Crippen molar-refractivity contribution in [3.8, 4) is 0 Å². The highest BCUT2D eigenvalue weighted by Crippen LogP contribution is 2.11. The predicted octanol–water partition coefficient (Wildman–Crippen LogP) is 3.91. The van der Waals surface area contributed by atoms with Gasteiger partial charge >= 0.3 is 9.28 Å². The molecule has 3 heteroatoms. The highest BCUT2D eigenvalue weighted by atomic mass is 28.3. The molecule has 0 saturated carbocycles. The van der Waals surface area contributed by atoms with Crippen molar-refractivity contribution in [2.75, 3.05) is 14.2 Å². The van der Waals surface area contributed by atoms with Crippen molar-refractivity contribution >= 4 is 9.28 Å². The number of unbranched alkanes of at least 4 members (excludes halogenated alkanes) is 7. The molecular formula is C12H27O2Si. The molecule has 91 valence electrons. The van der Waals surface area contributed by atoms with Crippen molar-refractivity contribution in [3.63, 3.8) is 0 Å². The molecule has 0 bridgehead atoms. The van der Waals surface area contributed by atoms with E-state index in [0.29, 0.717) is 0 Å². The summed E-state index contributed by atoms with van der Waals surface area (Å²) in [6, 6.07) is 1.13. The fourth-order valence-electron chi connectivity index (χ4n) is 1.69. The van der Waals surface area contributed by atoms with Gasteiger partial charge in [-0.3, -0.25) is 0 Å². The molecule has 0 unspecified atom stereocenters. The Morgan fingerprint density at radius 1 is 0.733 bits per heavy atom. The van der Waals surface area contributed by atoms with Crippen LogP contribution in [0, 0.1) is 0 Å². The van der Waals surface area contributed by atoms with Crippen LogP contribution in [-0.4, -0.2) is 23.5 Å². The van der Waals surface area contributed by atoms with Crippen LogP contribution >= 0.6 is 0 Å². The highest BCUT2D eigenvalue weighted by Gasteiger charge is 2.10. The molecule has 0 aliphatic rings. The van der Waals surface area contributed by atoms with Crippen LogP contribution in [0.2, 0.25) is 6.04 Å². The van der Waals surface area contributed by atoms with Gasteiger partial charge in [0.05, 0.1) is 0 Å². The second-order valence-corrected chi connectivity index (χ2v) is 6.07. The third-order valence-electron chi connectivity index (χ3n) is 2.69. The molecule has 0 heterocycles. The Morgan fingerprint density at radius 2 is 1.20 bits per heavy atom. The Hall–Kier alpha value is 0.137. The van der Waals surface area contributed by atoms with E-state index in [2.05, 4.69) is 6.92 Å². The minimum absolute atomic E-state index is 0.924. The monoisotopic (exact) mass is 231 g/mol. The van der Waals surface area contributed by atoms with Crippen molar-refractivity contribution in [3.05, 3.63) is 0 Å². The normalized spacial score (nSPS) is 11.2. The van der Waals surface area contributed by atoms with Crippen LogP contribution in [-0.2, 0) is 8.85 Å². The molecule has 0 atom stereocenters. The Kier molecular flexibility index (Phi) is 12.3. The first-order valence-corrected chi connectivity index (χ1v) is 7.81. The van der Waals surface area contributed by atoms with E-state index in [9.17, 15) is 0 Å². The van der Waals surface area contributed by atoms with Crippen molar-refractivity contribution in [2.45, 2.75) is 64.3 Å². The number of hydrogen-bond donors (Lipinski definition) is 0. The molecule has 0 amide bonds. The van der Waals surface area contributed by atoms with Gasteiger partial charge in [-0.15, -0.1) is 0 Å². The van der Waals surface area contributed by atoms with E-state index in [1.54, 1.807) is 14.2 Å². The third kappa shape index (κ3) is 10.4. The lowest BCUT2D eigenvalue weighted by Crippen LogP contribution is -2.18. The average Bonchev–Trinajstić information content (AvgIpc) is 2.27. The molecule has 15 heavy (non-hydrogen) atoms. The van der Waals surface area contributed by atoms with Crippen LogP contribution in [0.4, 0.5) is 0 Å². The van der Waals surface area contributed by atoms with Gasteiger partial charge in [0, 0.05) is 14.2 Å². The Labute approximate surface area is 97.2 Å². The van der Waals surface area contributed by atoms with Gasteiger partial charge in [-0.1, -0.05) is 58.3 Å². The van der Waals surface area contributed by atoms with Crippen molar-refractivity contribution in [2.24, 2.45) is 0 Å². The van der Waals surface area contributed by atoms with E-state index in [1.807, 2.05) is 0 Å². The van der Waals surface area contributed by atoms with E-state index < -0.39 is 9.28 Å². The summed E-state index contributed by atoms with van der Waals surface area (Å²) in [5.41, 5.74) is 0. The van der Waals surface area contributed by atoms with Crippen LogP contribution in [0.15, 0.2) is 0 Å². The molecule has 0 N–H and O–H groups in total. The summed E-state index contributed by atoms with van der Waals surface area (Å²) in [7, 11) is 2.58. The van der Waals surface area contributed by atoms with Crippen molar-refractivity contribution in [1.82, 2.24) is 0 Å². The van der Waals surface area contributed by atoms with Crippen molar-refractivity contribution < 1.29 is 8.85 Å². The Bertz CT molecular complexity index is 116. The maximum Gasteiger partial charge on any atom is 0.384 e. The first kappa shape index (κ1) is 15.1. The van der Waals surface area contributed by atoms with Gasteiger partial charge in [0.25, 0.3) is 0 Å². The van der Waals surface area contributed by atoms with Gasteiger partial charge < -0.3 is 8.85 Å². The maximum absolute atomic E-state index is 5.24. The summed E-state index contributed by atoms with van der Waals surface area (Å²) in [4.78, 5) is 0. The fourth-order valence-corrected chi connectivity index (χ4v) is 2.80. The van der Waals surface area contributed by atoms with E-state index in [0.717, 1.165) is 6.04 Å². The maximum atomic E-state index is 5.24. The summed E-state index contributed by atoms with van der Waals surface area (Å²) in [5.74, 6) is 0. The molecule has 0 aromatic carbocycles. The van der Waals surface area contributed by atoms with E-state index in [-0.39, 0.29) is 0 Å². The van der Waals surface area contributed by atoms with Gasteiger partial charge in [-0.05, 0) is 6.04 Å². The zero-order valence-corrected chi connectivity index (χ0v) is 11.7. The van der Waals surface area contributed by atoms with Gasteiger partial charge in [0.15, 0.2) is 0 Å². The molecule has 0 aromatic rings. The van der Waals surface area contributed by atoms with Crippen LogP contribution < -0.4 is 0 Å². The first-order chi connectivity index (χ1) is 7.35. The zero-order valence-electron chi connectivity index (χ0n) is 10.7.